The molecule has 24 heavy (non-hydrogen) atoms. The van der Waals surface area contributed by atoms with Crippen molar-refractivity contribution in [1.82, 2.24) is 19.6 Å². The molecule has 0 aromatic carbocycles. The number of amides is 1. The van der Waals surface area contributed by atoms with Gasteiger partial charge in [-0.1, -0.05) is 0 Å². The predicted octanol–water partition coefficient (Wildman–Crippen LogP) is 2.53. The molecule has 0 atom stereocenters. The molecule has 7 nitrogen and oxygen atoms in total. The molecule has 3 heterocycles. The van der Waals surface area contributed by atoms with E-state index in [2.05, 4.69) is 37.7 Å². The lowest BCUT2D eigenvalue weighted by Crippen LogP contribution is -2.20. The van der Waals surface area contributed by atoms with Gasteiger partial charge in [-0.25, -0.2) is 14.8 Å². The quantitative estimate of drug-likeness (QED) is 0.498. The van der Waals surface area contributed by atoms with Crippen LogP contribution in [0.5, 0.6) is 5.88 Å². The summed E-state index contributed by atoms with van der Waals surface area (Å²) in [5.74, 6) is -0.394. The second kappa shape index (κ2) is 6.30. The van der Waals surface area contributed by atoms with E-state index >= 15 is 0 Å². The number of nitrogens with two attached hydrogens (primary N) is 1. The number of ether oxygens (including phenoxy) is 1. The summed E-state index contributed by atoms with van der Waals surface area (Å²) < 4.78 is 20.8. The van der Waals surface area contributed by atoms with Crippen LogP contribution in [-0.2, 0) is 6.42 Å². The Bertz CT molecular complexity index is 957. The first-order valence-corrected chi connectivity index (χ1v) is 8.06. The van der Waals surface area contributed by atoms with Crippen molar-refractivity contribution in [3.8, 4) is 5.88 Å². The van der Waals surface area contributed by atoms with Gasteiger partial charge in [0.25, 0.3) is 0 Å². The summed E-state index contributed by atoms with van der Waals surface area (Å²) in [6.45, 7) is 3.62. The summed E-state index contributed by atoms with van der Waals surface area (Å²) in [7, 11) is 0. The fraction of sp³-hybridized carbons (Fsp3) is 0.200. The lowest BCUT2D eigenvalue weighted by Gasteiger charge is -2.13. The van der Waals surface area contributed by atoms with Crippen LogP contribution in [0, 0.1) is 23.4 Å². The van der Waals surface area contributed by atoms with E-state index in [-0.39, 0.29) is 5.88 Å². The van der Waals surface area contributed by atoms with Gasteiger partial charge in [-0.2, -0.15) is 14.0 Å². The molecule has 1 amide bonds. The third kappa shape index (κ3) is 3.03. The number of aromatic nitrogens is 4. The molecule has 0 saturated heterocycles. The van der Waals surface area contributed by atoms with Crippen LogP contribution in [0.25, 0.3) is 5.65 Å². The molecular formula is C15H13FIN5O2. The number of primary amides is 1. The first-order valence-electron chi connectivity index (χ1n) is 6.99. The van der Waals surface area contributed by atoms with E-state index in [4.69, 9.17) is 10.5 Å². The van der Waals surface area contributed by atoms with Crippen molar-refractivity contribution in [2.45, 2.75) is 20.3 Å². The average molecular weight is 441 g/mol. The summed E-state index contributed by atoms with van der Waals surface area (Å²) in [5, 5.41) is 4.35. The van der Waals surface area contributed by atoms with E-state index in [1.165, 1.54) is 16.8 Å². The van der Waals surface area contributed by atoms with Gasteiger partial charge in [0.05, 0.1) is 9.26 Å². The molecule has 0 fully saturated rings. The van der Waals surface area contributed by atoms with Crippen molar-refractivity contribution in [2.75, 3.05) is 0 Å². The maximum Gasteiger partial charge on any atom is 0.411 e. The van der Waals surface area contributed by atoms with Crippen LogP contribution in [-0.4, -0.2) is 25.7 Å². The summed E-state index contributed by atoms with van der Waals surface area (Å²) >= 11 is 2.13. The SMILES string of the molecule is Cc1nc2c(I)c(C)nn2c(OC(N)=O)c1Cc1ccnc(F)c1. The Morgan fingerprint density at radius 1 is 1.42 bits per heavy atom. The summed E-state index contributed by atoms with van der Waals surface area (Å²) in [6, 6.07) is 2.99. The highest BCUT2D eigenvalue weighted by atomic mass is 127. The first-order chi connectivity index (χ1) is 11.4. The molecule has 0 saturated carbocycles. The minimum absolute atomic E-state index is 0.188. The van der Waals surface area contributed by atoms with Crippen molar-refractivity contribution in [3.05, 3.63) is 50.4 Å². The predicted molar refractivity (Wildman–Crippen MR) is 92.4 cm³/mol. The summed E-state index contributed by atoms with van der Waals surface area (Å²) in [4.78, 5) is 19.4. The standard InChI is InChI=1S/C15H13FIN5O2/c1-7-10(5-9-3-4-19-11(16)6-9)14(24-15(18)23)22-13(20-7)12(17)8(2)21-22/h3-4,6H,5H2,1-2H3,(H2,18,23). The molecule has 0 aliphatic rings. The largest absolute Gasteiger partial charge is 0.411 e. The van der Waals surface area contributed by atoms with Crippen LogP contribution >= 0.6 is 22.6 Å². The second-order valence-electron chi connectivity index (χ2n) is 5.20. The molecule has 0 radical (unpaired) electrons. The van der Waals surface area contributed by atoms with Gasteiger partial charge in [0.15, 0.2) is 5.65 Å². The van der Waals surface area contributed by atoms with Gasteiger partial charge in [-0.15, -0.1) is 0 Å². The number of aryl methyl sites for hydroxylation is 2. The minimum Gasteiger partial charge on any atom is -0.391 e. The van der Waals surface area contributed by atoms with Crippen molar-refractivity contribution in [2.24, 2.45) is 5.73 Å². The van der Waals surface area contributed by atoms with Crippen molar-refractivity contribution in [3.63, 3.8) is 0 Å². The fourth-order valence-electron chi connectivity index (χ4n) is 2.40. The first kappa shape index (κ1) is 16.6. The van der Waals surface area contributed by atoms with E-state index in [1.54, 1.807) is 13.0 Å². The van der Waals surface area contributed by atoms with Gasteiger partial charge in [0, 0.05) is 23.9 Å². The van der Waals surface area contributed by atoms with E-state index in [0.717, 1.165) is 9.26 Å². The van der Waals surface area contributed by atoms with Gasteiger partial charge in [-0.3, -0.25) is 0 Å². The number of fused-ring (bicyclic) bond motifs is 1. The molecule has 2 N–H and O–H groups in total. The molecule has 0 aliphatic heterocycles. The average Bonchev–Trinajstić information content (AvgIpc) is 2.78. The number of hydrogen-bond donors (Lipinski definition) is 1. The number of nitrogens with zero attached hydrogens (tertiary/aromatic N) is 4. The van der Waals surface area contributed by atoms with Gasteiger partial charge >= 0.3 is 6.09 Å². The Morgan fingerprint density at radius 3 is 2.83 bits per heavy atom. The Labute approximate surface area is 150 Å². The number of pyridine rings is 1. The highest BCUT2D eigenvalue weighted by molar-refractivity contribution is 14.1. The fourth-order valence-corrected chi connectivity index (χ4v) is 2.86. The van der Waals surface area contributed by atoms with Crippen LogP contribution in [0.3, 0.4) is 0 Å². The Kier molecular flexibility index (Phi) is 4.35. The van der Waals surface area contributed by atoms with E-state index < -0.39 is 12.0 Å². The van der Waals surface area contributed by atoms with Gasteiger partial charge in [0.2, 0.25) is 11.8 Å². The van der Waals surface area contributed by atoms with E-state index in [0.29, 0.717) is 28.9 Å². The van der Waals surface area contributed by atoms with Gasteiger partial charge in [0.1, 0.15) is 0 Å². The molecule has 0 unspecified atom stereocenters. The molecule has 3 aromatic heterocycles. The zero-order valence-electron chi connectivity index (χ0n) is 12.9. The molecule has 0 bridgehead atoms. The zero-order valence-corrected chi connectivity index (χ0v) is 15.0. The van der Waals surface area contributed by atoms with Gasteiger partial charge in [-0.05, 0) is 54.1 Å². The number of halogens is 2. The van der Waals surface area contributed by atoms with Crippen LogP contribution < -0.4 is 10.5 Å². The highest BCUT2D eigenvalue weighted by Gasteiger charge is 2.21. The zero-order chi connectivity index (χ0) is 17.4. The molecule has 0 spiro atoms. The number of carbonyl (C=O) groups is 1. The Hall–Kier alpha value is -2.30. The Morgan fingerprint density at radius 2 is 2.17 bits per heavy atom. The van der Waals surface area contributed by atoms with Crippen molar-refractivity contribution >= 4 is 34.3 Å². The highest BCUT2D eigenvalue weighted by Crippen LogP contribution is 2.28. The molecule has 124 valence electrons. The minimum atomic E-state index is -0.952. The third-order valence-corrected chi connectivity index (χ3v) is 4.76. The lowest BCUT2D eigenvalue weighted by atomic mass is 10.1. The van der Waals surface area contributed by atoms with Crippen LogP contribution in [0.1, 0.15) is 22.5 Å². The normalized spacial score (nSPS) is 11.0. The maximum absolute atomic E-state index is 13.3. The molecule has 0 aliphatic carbocycles. The maximum atomic E-state index is 13.3. The smallest absolute Gasteiger partial charge is 0.391 e. The topological polar surface area (TPSA) is 95.4 Å². The number of rotatable bonds is 3. The molecule has 3 aromatic rings. The third-order valence-electron chi connectivity index (χ3n) is 3.49. The lowest BCUT2D eigenvalue weighted by molar-refractivity contribution is 0.207. The molecule has 9 heteroatoms. The van der Waals surface area contributed by atoms with Crippen LogP contribution in [0.15, 0.2) is 18.3 Å². The number of hydrogen-bond acceptors (Lipinski definition) is 5. The van der Waals surface area contributed by atoms with Crippen molar-refractivity contribution < 1.29 is 13.9 Å². The van der Waals surface area contributed by atoms with Gasteiger partial charge < -0.3 is 10.5 Å². The molecule has 3 rings (SSSR count). The Balaban J connectivity index is 2.21. The van der Waals surface area contributed by atoms with E-state index in [1.807, 2.05) is 6.92 Å². The van der Waals surface area contributed by atoms with Crippen LogP contribution in [0.2, 0.25) is 0 Å². The monoisotopic (exact) mass is 441 g/mol. The summed E-state index contributed by atoms with van der Waals surface area (Å²) in [5.41, 5.74) is 8.45. The second-order valence-corrected chi connectivity index (χ2v) is 6.28. The molecular weight excluding hydrogens is 428 g/mol. The summed E-state index contributed by atoms with van der Waals surface area (Å²) in [6.07, 6.45) is 0.723. The number of carbonyl (C=O) groups excluding carboxylic acids is 1. The van der Waals surface area contributed by atoms with Crippen molar-refractivity contribution in [1.29, 1.82) is 0 Å². The van der Waals surface area contributed by atoms with E-state index in [9.17, 15) is 9.18 Å². The van der Waals surface area contributed by atoms with Crippen LogP contribution in [0.4, 0.5) is 9.18 Å².